The monoisotopic (exact) mass is 361 g/mol. The van der Waals surface area contributed by atoms with Crippen molar-refractivity contribution in [2.75, 3.05) is 0 Å². The van der Waals surface area contributed by atoms with Crippen LogP contribution in [0.5, 0.6) is 0 Å². The number of hydrogen-bond donors (Lipinski definition) is 2. The lowest BCUT2D eigenvalue weighted by Gasteiger charge is -2.34. The maximum atomic E-state index is 6.18. The quantitative estimate of drug-likeness (QED) is 0.875. The molecule has 0 saturated heterocycles. The zero-order valence-corrected chi connectivity index (χ0v) is 13.7. The lowest BCUT2D eigenvalue weighted by Crippen LogP contribution is -2.44. The van der Waals surface area contributed by atoms with Gasteiger partial charge in [0.1, 0.15) is 0 Å². The fourth-order valence-corrected chi connectivity index (χ4v) is 2.97. The van der Waals surface area contributed by atoms with Crippen molar-refractivity contribution in [3.8, 4) is 11.6 Å². The SMILES string of the molecule is CC(C)c1[nH]nc(-c2nc(C3(N)CCC3)no2)c1Br.Cl. The van der Waals surface area contributed by atoms with Crippen LogP contribution in [-0.4, -0.2) is 20.3 Å². The molecule has 0 aliphatic heterocycles. The first kappa shape index (κ1) is 15.5. The largest absolute Gasteiger partial charge is 0.332 e. The van der Waals surface area contributed by atoms with Crippen LogP contribution >= 0.6 is 28.3 Å². The van der Waals surface area contributed by atoms with Gasteiger partial charge in [0, 0.05) is 0 Å². The van der Waals surface area contributed by atoms with Crippen LogP contribution in [0.1, 0.15) is 50.5 Å². The topological polar surface area (TPSA) is 93.6 Å². The number of nitrogens with one attached hydrogen (secondary N) is 1. The van der Waals surface area contributed by atoms with E-state index >= 15 is 0 Å². The van der Waals surface area contributed by atoms with E-state index in [0.717, 1.165) is 29.4 Å². The minimum Gasteiger partial charge on any atom is -0.332 e. The van der Waals surface area contributed by atoms with E-state index in [9.17, 15) is 0 Å². The summed E-state index contributed by atoms with van der Waals surface area (Å²) in [7, 11) is 0. The average Bonchev–Trinajstić information content (AvgIpc) is 2.92. The van der Waals surface area contributed by atoms with Crippen LogP contribution in [0.2, 0.25) is 0 Å². The van der Waals surface area contributed by atoms with Crippen LogP contribution in [0.4, 0.5) is 0 Å². The Morgan fingerprint density at radius 1 is 1.40 bits per heavy atom. The molecule has 0 bridgehead atoms. The van der Waals surface area contributed by atoms with Gasteiger partial charge in [0.15, 0.2) is 11.5 Å². The molecule has 2 aromatic rings. The number of nitrogens with two attached hydrogens (primary N) is 1. The van der Waals surface area contributed by atoms with Crippen LogP contribution in [-0.2, 0) is 5.54 Å². The van der Waals surface area contributed by atoms with Crippen molar-refractivity contribution in [1.29, 1.82) is 0 Å². The van der Waals surface area contributed by atoms with Crippen molar-refractivity contribution in [2.24, 2.45) is 5.73 Å². The third-order valence-electron chi connectivity index (χ3n) is 3.63. The predicted molar refractivity (Wildman–Crippen MR) is 80.6 cm³/mol. The van der Waals surface area contributed by atoms with Crippen molar-refractivity contribution in [3.05, 3.63) is 16.0 Å². The van der Waals surface area contributed by atoms with Gasteiger partial charge in [0.05, 0.1) is 15.7 Å². The number of hydrogen-bond acceptors (Lipinski definition) is 5. The molecule has 3 N–H and O–H groups in total. The summed E-state index contributed by atoms with van der Waals surface area (Å²) in [5.74, 6) is 1.32. The van der Waals surface area contributed by atoms with E-state index < -0.39 is 5.54 Å². The molecule has 1 aliphatic rings. The van der Waals surface area contributed by atoms with Gasteiger partial charge in [-0.1, -0.05) is 19.0 Å². The van der Waals surface area contributed by atoms with Crippen LogP contribution in [0.25, 0.3) is 11.6 Å². The van der Waals surface area contributed by atoms with Gasteiger partial charge in [0.25, 0.3) is 5.89 Å². The Kier molecular flexibility index (Phi) is 4.22. The zero-order valence-electron chi connectivity index (χ0n) is 11.3. The van der Waals surface area contributed by atoms with Gasteiger partial charge < -0.3 is 10.3 Å². The summed E-state index contributed by atoms with van der Waals surface area (Å²) in [5, 5.41) is 11.2. The van der Waals surface area contributed by atoms with E-state index in [0.29, 0.717) is 23.3 Å². The van der Waals surface area contributed by atoms with Crippen LogP contribution in [0.15, 0.2) is 9.00 Å². The minimum absolute atomic E-state index is 0. The van der Waals surface area contributed by atoms with Gasteiger partial charge >= 0.3 is 0 Å². The Hall–Kier alpha value is -0.920. The second-order valence-electron chi connectivity index (χ2n) is 5.39. The smallest absolute Gasteiger partial charge is 0.279 e. The minimum atomic E-state index is -0.411. The first-order valence-electron chi connectivity index (χ1n) is 6.38. The Morgan fingerprint density at radius 3 is 2.60 bits per heavy atom. The van der Waals surface area contributed by atoms with Crippen LogP contribution in [0.3, 0.4) is 0 Å². The number of aromatic amines is 1. The normalized spacial score (nSPS) is 16.9. The van der Waals surface area contributed by atoms with Crippen molar-refractivity contribution in [2.45, 2.75) is 44.6 Å². The summed E-state index contributed by atoms with van der Waals surface area (Å²) in [6, 6.07) is 0. The third-order valence-corrected chi connectivity index (χ3v) is 4.43. The standard InChI is InChI=1S/C12H16BrN5O.ClH/c1-6(2)8-7(13)9(17-16-8)10-15-11(18-19-10)12(14)4-3-5-12;/h6H,3-5,14H2,1-2H3,(H,16,17);1H. The summed E-state index contributed by atoms with van der Waals surface area (Å²) < 4.78 is 6.17. The van der Waals surface area contributed by atoms with E-state index in [1.807, 2.05) is 0 Å². The van der Waals surface area contributed by atoms with E-state index in [-0.39, 0.29) is 12.4 Å². The first-order valence-corrected chi connectivity index (χ1v) is 7.18. The lowest BCUT2D eigenvalue weighted by atomic mass is 9.77. The summed E-state index contributed by atoms with van der Waals surface area (Å²) in [6.45, 7) is 4.18. The fourth-order valence-electron chi connectivity index (χ4n) is 2.17. The Morgan fingerprint density at radius 2 is 2.10 bits per heavy atom. The first-order chi connectivity index (χ1) is 9.01. The highest BCUT2D eigenvalue weighted by Crippen LogP contribution is 2.38. The molecular weight excluding hydrogens is 346 g/mol. The molecule has 1 aliphatic carbocycles. The van der Waals surface area contributed by atoms with Crippen LogP contribution in [0, 0.1) is 0 Å². The van der Waals surface area contributed by atoms with E-state index in [4.69, 9.17) is 10.3 Å². The molecule has 3 rings (SSSR count). The van der Waals surface area contributed by atoms with Gasteiger partial charge in [0.2, 0.25) is 0 Å². The average molecular weight is 363 g/mol. The highest BCUT2D eigenvalue weighted by atomic mass is 79.9. The molecule has 0 radical (unpaired) electrons. The van der Waals surface area contributed by atoms with Gasteiger partial charge in [-0.3, -0.25) is 5.10 Å². The number of halogens is 2. The Labute approximate surface area is 131 Å². The van der Waals surface area contributed by atoms with Crippen molar-refractivity contribution in [3.63, 3.8) is 0 Å². The molecule has 1 fully saturated rings. The molecule has 0 aromatic carbocycles. The summed E-state index contributed by atoms with van der Waals surface area (Å²) >= 11 is 3.53. The third kappa shape index (κ3) is 2.38. The molecule has 1 saturated carbocycles. The van der Waals surface area contributed by atoms with E-state index in [1.54, 1.807) is 0 Å². The summed E-state index contributed by atoms with van der Waals surface area (Å²) in [5.41, 5.74) is 7.43. The highest BCUT2D eigenvalue weighted by molar-refractivity contribution is 9.10. The molecule has 0 spiro atoms. The second kappa shape index (κ2) is 5.46. The van der Waals surface area contributed by atoms with E-state index in [2.05, 4.69) is 50.1 Å². The van der Waals surface area contributed by atoms with Gasteiger partial charge in [-0.05, 0) is 41.1 Å². The van der Waals surface area contributed by atoms with E-state index in [1.165, 1.54) is 0 Å². The molecule has 2 heterocycles. The summed E-state index contributed by atoms with van der Waals surface area (Å²) in [6.07, 6.45) is 2.93. The number of rotatable bonds is 3. The number of H-pyrrole nitrogens is 1. The van der Waals surface area contributed by atoms with Crippen molar-refractivity contribution < 1.29 is 4.52 Å². The molecule has 2 aromatic heterocycles. The zero-order chi connectivity index (χ0) is 13.6. The van der Waals surface area contributed by atoms with Gasteiger partial charge in [-0.2, -0.15) is 10.1 Å². The predicted octanol–water partition coefficient (Wildman–Crippen LogP) is 3.11. The van der Waals surface area contributed by atoms with Crippen molar-refractivity contribution in [1.82, 2.24) is 20.3 Å². The lowest BCUT2D eigenvalue weighted by molar-refractivity contribution is 0.229. The van der Waals surface area contributed by atoms with Gasteiger partial charge in [-0.25, -0.2) is 0 Å². The fraction of sp³-hybridized carbons (Fsp3) is 0.583. The molecule has 8 heteroatoms. The Balaban J connectivity index is 0.00000147. The molecule has 6 nitrogen and oxygen atoms in total. The molecule has 0 amide bonds. The van der Waals surface area contributed by atoms with Crippen LogP contribution < -0.4 is 5.73 Å². The maximum absolute atomic E-state index is 6.18. The molecular formula is C12H17BrClN5O. The number of aromatic nitrogens is 4. The van der Waals surface area contributed by atoms with Gasteiger partial charge in [-0.15, -0.1) is 12.4 Å². The summed E-state index contributed by atoms with van der Waals surface area (Å²) in [4.78, 5) is 4.39. The number of nitrogens with zero attached hydrogens (tertiary/aromatic N) is 3. The molecule has 20 heavy (non-hydrogen) atoms. The molecule has 0 unspecified atom stereocenters. The van der Waals surface area contributed by atoms with Crippen molar-refractivity contribution >= 4 is 28.3 Å². The molecule has 110 valence electrons. The molecule has 0 atom stereocenters. The Bertz CT molecular complexity index is 605. The maximum Gasteiger partial charge on any atom is 0.279 e. The highest BCUT2D eigenvalue weighted by Gasteiger charge is 2.39. The second-order valence-corrected chi connectivity index (χ2v) is 6.18.